The summed E-state index contributed by atoms with van der Waals surface area (Å²) in [4.78, 5) is 7.94. The minimum Gasteiger partial charge on any atom is -0.481 e. The Kier molecular flexibility index (Phi) is 4.90. The molecular weight excluding hydrogens is 362 g/mol. The van der Waals surface area contributed by atoms with Crippen LogP contribution in [-0.2, 0) is 0 Å². The van der Waals surface area contributed by atoms with Crippen molar-refractivity contribution in [2.24, 2.45) is 0 Å². The predicted molar refractivity (Wildman–Crippen MR) is 61.0 cm³/mol. The van der Waals surface area contributed by atoms with E-state index in [1.54, 1.807) is 0 Å². The summed E-state index contributed by atoms with van der Waals surface area (Å²) < 4.78 is 1.17. The molecule has 0 spiro atoms. The van der Waals surface area contributed by atoms with E-state index in [2.05, 4.69) is 32.6 Å². The van der Waals surface area contributed by atoms with Crippen LogP contribution in [-0.4, -0.2) is 9.97 Å². The quantitative estimate of drug-likeness (QED) is 0.624. The van der Waals surface area contributed by atoms with Crippen LogP contribution in [0.3, 0.4) is 0 Å². The Morgan fingerprint density at radius 3 is 2.71 bits per heavy atom. The molecule has 1 N–H and O–H groups in total. The second-order valence-corrected chi connectivity index (χ2v) is 4.00. The van der Waals surface area contributed by atoms with Crippen molar-refractivity contribution in [1.82, 2.24) is 9.97 Å². The molecule has 1 aromatic heterocycles. The monoisotopic (exact) mass is 369 g/mol. The van der Waals surface area contributed by atoms with Gasteiger partial charge in [0.15, 0.2) is 0 Å². The molecule has 3 nitrogen and oxygen atoms in total. The molecule has 0 amide bonds. The van der Waals surface area contributed by atoms with Gasteiger partial charge in [-0.15, -0.1) is 0 Å². The summed E-state index contributed by atoms with van der Waals surface area (Å²) in [6.07, 6.45) is 1.43. The zero-order chi connectivity index (χ0) is 9.42. The summed E-state index contributed by atoms with van der Waals surface area (Å²) in [5.41, 5.74) is 9.58. The van der Waals surface area contributed by atoms with Crippen LogP contribution in [0.15, 0.2) is 18.5 Å². The van der Waals surface area contributed by atoms with Crippen LogP contribution >= 0.6 is 22.6 Å². The number of aryl methyl sites for hydroxylation is 1. The van der Waals surface area contributed by atoms with Gasteiger partial charge in [0, 0.05) is 9.90 Å². The van der Waals surface area contributed by atoms with E-state index in [1.807, 2.05) is 19.1 Å². The molecule has 0 aliphatic heterocycles. The molecule has 0 aliphatic rings. The summed E-state index contributed by atoms with van der Waals surface area (Å²) in [5, 5.41) is 0.820. The van der Waals surface area contributed by atoms with E-state index in [9.17, 15) is 0 Å². The first-order valence-electron chi connectivity index (χ1n) is 3.81. The molecule has 5 heteroatoms. The summed E-state index contributed by atoms with van der Waals surface area (Å²) in [6, 6.07) is 3.93. The first kappa shape index (κ1) is 13.0. The van der Waals surface area contributed by atoms with Crippen molar-refractivity contribution in [2.75, 3.05) is 0 Å². The van der Waals surface area contributed by atoms with Gasteiger partial charge in [-0.1, -0.05) is 5.82 Å². The molecule has 2 aromatic rings. The molecule has 0 atom stereocenters. The minimum atomic E-state index is 0. The smallest absolute Gasteiger partial charge is 0.481 e. The molecule has 0 bridgehead atoms. The average molecular weight is 370 g/mol. The molecule has 0 radical (unpaired) electrons. The maximum Gasteiger partial charge on any atom is 1.00 e. The third-order valence-corrected chi connectivity index (χ3v) is 3.08. The number of rotatable bonds is 0. The molecule has 66 valence electrons. The van der Waals surface area contributed by atoms with Gasteiger partial charge in [-0.2, -0.15) is 0 Å². The van der Waals surface area contributed by atoms with Crippen molar-refractivity contribution in [2.45, 2.75) is 6.92 Å². The topological polar surface area (TPSA) is 49.6 Å². The third-order valence-electron chi connectivity index (χ3n) is 1.92. The molecule has 1 heterocycles. The fraction of sp³-hybridized carbons (Fsp3) is 0.111. The van der Waals surface area contributed by atoms with Gasteiger partial charge in [-0.25, -0.2) is 0 Å². The van der Waals surface area contributed by atoms with E-state index >= 15 is 0 Å². The van der Waals surface area contributed by atoms with E-state index in [4.69, 9.17) is 5.73 Å². The van der Waals surface area contributed by atoms with E-state index in [1.165, 1.54) is 9.90 Å². The van der Waals surface area contributed by atoms with Gasteiger partial charge < -0.3 is 10.7 Å². The number of nitrogens with one attached hydrogen (secondary N) is 1. The van der Waals surface area contributed by atoms with Crippen LogP contribution < -0.4 is 58.2 Å². The number of aromatic nitrogens is 2. The number of hydrogen-bond acceptors (Lipinski definition) is 2. The van der Waals surface area contributed by atoms with Crippen molar-refractivity contribution >= 4 is 39.3 Å². The number of hydrogen-bond donors (Lipinski definition) is 0. The van der Waals surface area contributed by atoms with Crippen molar-refractivity contribution in [3.8, 4) is 0 Å². The molecule has 0 fully saturated rings. The Morgan fingerprint density at radius 1 is 1.29 bits per heavy atom. The molecule has 0 aliphatic carbocycles. The first-order chi connectivity index (χ1) is 6.18. The van der Waals surface area contributed by atoms with Crippen molar-refractivity contribution in [3.05, 3.63) is 33.3 Å². The summed E-state index contributed by atoms with van der Waals surface area (Å²) >= 11 is 2.26. The Hall–Kier alpha value is 0.895. The Balaban J connectivity index is 0.000000980. The molecule has 0 unspecified atom stereocenters. The molecule has 14 heavy (non-hydrogen) atoms. The number of benzene rings is 1. The maximum absolute atomic E-state index is 7.58. The van der Waals surface area contributed by atoms with Gasteiger partial charge in [0.1, 0.15) is 0 Å². The second-order valence-electron chi connectivity index (χ2n) is 2.84. The Morgan fingerprint density at radius 2 is 2.00 bits per heavy atom. The van der Waals surface area contributed by atoms with Gasteiger partial charge in [-0.3, -0.25) is 4.98 Å². The van der Waals surface area contributed by atoms with E-state index in [0.29, 0.717) is 5.82 Å². The van der Waals surface area contributed by atoms with Crippen LogP contribution in [0.2, 0.25) is 0 Å². The van der Waals surface area contributed by atoms with E-state index in [0.717, 1.165) is 16.5 Å². The van der Waals surface area contributed by atoms with E-state index < -0.39 is 0 Å². The van der Waals surface area contributed by atoms with Crippen LogP contribution in [0.5, 0.6) is 0 Å². The van der Waals surface area contributed by atoms with Crippen molar-refractivity contribution in [3.63, 3.8) is 0 Å². The fourth-order valence-corrected chi connectivity index (χ4v) is 1.64. The fourth-order valence-electron chi connectivity index (χ4n) is 1.19. The third kappa shape index (κ3) is 2.52. The van der Waals surface area contributed by atoms with Gasteiger partial charge >= 0.3 is 58.2 Å². The molecule has 2 rings (SSSR count). The van der Waals surface area contributed by atoms with Crippen LogP contribution in [0.4, 0.5) is 5.82 Å². The van der Waals surface area contributed by atoms with Crippen LogP contribution in [0.25, 0.3) is 16.6 Å². The predicted octanol–water partition coefficient (Wildman–Crippen LogP) is 0.231. The van der Waals surface area contributed by atoms with Gasteiger partial charge in [0.2, 0.25) is 0 Å². The number of halogens is 1. The zero-order valence-electron chi connectivity index (χ0n) is 8.00. The summed E-state index contributed by atoms with van der Waals surface area (Å²) in [6.45, 7) is 2.02. The Bertz CT molecular complexity index is 473. The molecule has 1 aromatic carbocycles. The van der Waals surface area contributed by atoms with Crippen LogP contribution in [0, 0.1) is 10.5 Å². The summed E-state index contributed by atoms with van der Waals surface area (Å²) in [7, 11) is 0. The van der Waals surface area contributed by atoms with Gasteiger partial charge in [0.25, 0.3) is 0 Å². The van der Waals surface area contributed by atoms with E-state index in [-0.39, 0.29) is 58.2 Å². The maximum atomic E-state index is 7.58. The Labute approximate surface area is 145 Å². The average Bonchev–Trinajstić information content (AvgIpc) is 2.09. The minimum absolute atomic E-state index is 0. The van der Waals surface area contributed by atoms with Crippen molar-refractivity contribution < 1.29 is 58.2 Å². The molecule has 0 saturated carbocycles. The van der Waals surface area contributed by atoms with Crippen LogP contribution in [0.1, 0.15) is 5.56 Å². The standard InChI is InChI=1S/C9H7IN3.Rb/c1-5-2-6-8(3-7(5)10)12-4-13-9(6)11;/h2-4H,1H3,(H-,11,12,13);/q-1;+1. The normalized spacial score (nSPS) is 9.86. The largest absolute Gasteiger partial charge is 1.00 e. The van der Waals surface area contributed by atoms with Gasteiger partial charge in [-0.05, 0) is 52.6 Å². The van der Waals surface area contributed by atoms with Gasteiger partial charge in [0.05, 0.1) is 5.52 Å². The first-order valence-corrected chi connectivity index (χ1v) is 4.89. The zero-order valence-corrected chi connectivity index (χ0v) is 15.1. The number of nitrogens with zero attached hydrogens (tertiary/aromatic N) is 2. The molecular formula is C9H7IN3Rb. The summed E-state index contributed by atoms with van der Waals surface area (Å²) in [5.74, 6) is 0.296. The SMILES string of the molecule is Cc1cc2c([NH-])ncnc2cc1I.[Rb+]. The molecule has 0 saturated heterocycles. The van der Waals surface area contributed by atoms with Crippen molar-refractivity contribution in [1.29, 1.82) is 0 Å². The second kappa shape index (κ2) is 5.29. The number of fused-ring (bicyclic) bond motifs is 1.